The van der Waals surface area contributed by atoms with Crippen molar-refractivity contribution in [1.29, 1.82) is 0 Å². The quantitative estimate of drug-likeness (QED) is 0.635. The second kappa shape index (κ2) is 8.01. The summed E-state index contributed by atoms with van der Waals surface area (Å²) in [6.07, 6.45) is 3.05. The molecule has 0 spiro atoms. The number of aryl methyl sites for hydroxylation is 1. The molecule has 0 aliphatic heterocycles. The van der Waals surface area contributed by atoms with Gasteiger partial charge in [0, 0.05) is 17.8 Å². The molecule has 0 aliphatic carbocycles. The monoisotopic (exact) mass is 420 g/mol. The Morgan fingerprint density at radius 1 is 1.29 bits per heavy atom. The summed E-state index contributed by atoms with van der Waals surface area (Å²) in [6.45, 7) is 0. The number of nitrogens with two attached hydrogens (primary N) is 1. The van der Waals surface area contributed by atoms with Gasteiger partial charge in [-0.05, 0) is 29.8 Å². The number of rotatable bonds is 6. The number of halogens is 1. The number of ether oxygens (including phenoxy) is 1. The summed E-state index contributed by atoms with van der Waals surface area (Å²) in [5.41, 5.74) is 0.921. The van der Waals surface area contributed by atoms with Gasteiger partial charge in [-0.25, -0.2) is 13.6 Å². The normalized spacial score (nSPS) is 11.2. The molecule has 2 aromatic carbocycles. The van der Waals surface area contributed by atoms with Gasteiger partial charge in [0.05, 0.1) is 18.8 Å². The first kappa shape index (κ1) is 19.9. The zero-order valence-electron chi connectivity index (χ0n) is 14.8. The van der Waals surface area contributed by atoms with E-state index in [9.17, 15) is 13.2 Å². The first-order valence-electron chi connectivity index (χ1n) is 8.09. The lowest BCUT2D eigenvalue weighted by Gasteiger charge is -2.12. The number of anilines is 1. The van der Waals surface area contributed by atoms with Gasteiger partial charge in [-0.15, -0.1) is 0 Å². The highest BCUT2D eigenvalue weighted by molar-refractivity contribution is 7.89. The van der Waals surface area contributed by atoms with Gasteiger partial charge in [-0.1, -0.05) is 29.8 Å². The van der Waals surface area contributed by atoms with E-state index < -0.39 is 10.0 Å². The summed E-state index contributed by atoms with van der Waals surface area (Å²) in [5, 5.41) is 12.4. The highest BCUT2D eigenvalue weighted by Crippen LogP contribution is 2.30. The van der Waals surface area contributed by atoms with Gasteiger partial charge in [-0.2, -0.15) is 5.10 Å². The fourth-order valence-corrected chi connectivity index (χ4v) is 3.37. The molecule has 0 saturated heterocycles. The third-order valence-electron chi connectivity index (χ3n) is 3.75. The number of benzene rings is 2. The first-order valence-corrected chi connectivity index (χ1v) is 10.0. The summed E-state index contributed by atoms with van der Waals surface area (Å²) in [4.78, 5) is 12.0. The maximum atomic E-state index is 12.3. The molecule has 0 atom stereocenters. The van der Waals surface area contributed by atoms with Gasteiger partial charge >= 0.3 is 0 Å². The average molecular weight is 421 g/mol. The number of nitrogens with zero attached hydrogens (tertiary/aromatic N) is 2. The number of amides is 1. The van der Waals surface area contributed by atoms with Crippen LogP contribution in [-0.2, 0) is 28.3 Å². The predicted molar refractivity (Wildman–Crippen MR) is 105 cm³/mol. The van der Waals surface area contributed by atoms with Crippen molar-refractivity contribution in [3.63, 3.8) is 0 Å². The number of aromatic nitrogens is 2. The molecule has 3 N–H and O–H groups in total. The van der Waals surface area contributed by atoms with Crippen LogP contribution in [0.25, 0.3) is 0 Å². The van der Waals surface area contributed by atoms with Crippen molar-refractivity contribution < 1.29 is 17.9 Å². The van der Waals surface area contributed by atoms with Crippen molar-refractivity contribution in [2.75, 3.05) is 5.32 Å². The van der Waals surface area contributed by atoms with Crippen LogP contribution in [0.5, 0.6) is 11.5 Å². The Balaban J connectivity index is 1.82. The Labute approximate surface area is 166 Å². The molecule has 0 aliphatic rings. The van der Waals surface area contributed by atoms with Crippen LogP contribution < -0.4 is 15.2 Å². The molecule has 0 saturated carbocycles. The third kappa shape index (κ3) is 4.89. The average Bonchev–Trinajstić information content (AvgIpc) is 3.02. The molecule has 10 heteroatoms. The molecule has 3 aromatic rings. The number of hydrogen-bond acceptors (Lipinski definition) is 5. The van der Waals surface area contributed by atoms with E-state index in [0.29, 0.717) is 16.3 Å². The lowest BCUT2D eigenvalue weighted by Crippen LogP contribution is -2.17. The zero-order chi connectivity index (χ0) is 20.3. The van der Waals surface area contributed by atoms with Gasteiger partial charge in [0.2, 0.25) is 15.9 Å². The smallest absolute Gasteiger partial charge is 0.241 e. The van der Waals surface area contributed by atoms with Crippen molar-refractivity contribution in [3.8, 4) is 11.5 Å². The van der Waals surface area contributed by atoms with Crippen LogP contribution in [0, 0.1) is 0 Å². The minimum absolute atomic E-state index is 0.0274. The van der Waals surface area contributed by atoms with E-state index in [1.165, 1.54) is 29.1 Å². The number of hydrogen-bond donors (Lipinski definition) is 2. The second-order valence-corrected chi connectivity index (χ2v) is 7.91. The Morgan fingerprint density at radius 3 is 2.68 bits per heavy atom. The molecule has 0 unspecified atom stereocenters. The van der Waals surface area contributed by atoms with Gasteiger partial charge in [0.15, 0.2) is 5.75 Å². The zero-order valence-corrected chi connectivity index (χ0v) is 16.4. The highest BCUT2D eigenvalue weighted by atomic mass is 35.5. The summed E-state index contributed by atoms with van der Waals surface area (Å²) in [6, 6.07) is 11.1. The van der Waals surface area contributed by atoms with Gasteiger partial charge < -0.3 is 10.1 Å². The van der Waals surface area contributed by atoms with Crippen molar-refractivity contribution in [2.45, 2.75) is 11.3 Å². The lowest BCUT2D eigenvalue weighted by atomic mass is 10.1. The van der Waals surface area contributed by atoms with Crippen molar-refractivity contribution in [2.24, 2.45) is 12.2 Å². The van der Waals surface area contributed by atoms with E-state index >= 15 is 0 Å². The molecule has 1 heterocycles. The molecule has 3 rings (SSSR count). The lowest BCUT2D eigenvalue weighted by molar-refractivity contribution is -0.115. The van der Waals surface area contributed by atoms with Crippen LogP contribution in [0.4, 0.5) is 5.69 Å². The maximum Gasteiger partial charge on any atom is 0.241 e. The highest BCUT2D eigenvalue weighted by Gasteiger charge is 2.18. The maximum absolute atomic E-state index is 12.3. The molecule has 1 aromatic heterocycles. The van der Waals surface area contributed by atoms with Crippen molar-refractivity contribution in [1.82, 2.24) is 9.78 Å². The summed E-state index contributed by atoms with van der Waals surface area (Å²) in [7, 11) is -2.40. The van der Waals surface area contributed by atoms with Crippen LogP contribution in [-0.4, -0.2) is 24.1 Å². The minimum atomic E-state index is -4.10. The van der Waals surface area contributed by atoms with E-state index in [1.54, 1.807) is 37.5 Å². The van der Waals surface area contributed by atoms with E-state index in [1.807, 2.05) is 0 Å². The molecule has 8 nitrogen and oxygen atoms in total. The van der Waals surface area contributed by atoms with Crippen LogP contribution in [0.1, 0.15) is 5.56 Å². The summed E-state index contributed by atoms with van der Waals surface area (Å²) in [5.74, 6) is 0.0249. The number of primary sulfonamides is 1. The Morgan fingerprint density at radius 2 is 2.04 bits per heavy atom. The molecule has 28 heavy (non-hydrogen) atoms. The molecular weight excluding hydrogens is 404 g/mol. The summed E-state index contributed by atoms with van der Waals surface area (Å²) < 4.78 is 31.0. The number of sulfonamides is 1. The van der Waals surface area contributed by atoms with Gasteiger partial charge in [0.1, 0.15) is 10.6 Å². The molecule has 0 radical (unpaired) electrons. The molecule has 0 fully saturated rings. The fraction of sp³-hybridized carbons (Fsp3) is 0.111. The molecule has 146 valence electrons. The van der Waals surface area contributed by atoms with Gasteiger partial charge in [-0.3, -0.25) is 9.48 Å². The number of nitrogens with one attached hydrogen (secondary N) is 1. The number of carbonyl (C=O) groups excluding carboxylic acids is 1. The van der Waals surface area contributed by atoms with Crippen LogP contribution in [0.3, 0.4) is 0 Å². The SMILES string of the molecule is Cn1cc(Oc2ccc(NC(=O)Cc3ccccc3Cl)cc2S(N)(=O)=O)cn1. The van der Waals surface area contributed by atoms with E-state index in [0.717, 1.165) is 0 Å². The van der Waals surface area contributed by atoms with E-state index in [2.05, 4.69) is 10.4 Å². The Bertz CT molecular complexity index is 1130. The fourth-order valence-electron chi connectivity index (χ4n) is 2.49. The molecule has 1 amide bonds. The topological polar surface area (TPSA) is 116 Å². The largest absolute Gasteiger partial charge is 0.453 e. The number of carbonyl (C=O) groups is 1. The van der Waals surface area contributed by atoms with E-state index in [4.69, 9.17) is 21.5 Å². The van der Waals surface area contributed by atoms with Gasteiger partial charge in [0.25, 0.3) is 0 Å². The Hall–Kier alpha value is -2.88. The molecular formula is C18H17ClN4O4S. The van der Waals surface area contributed by atoms with Crippen LogP contribution in [0.15, 0.2) is 59.8 Å². The minimum Gasteiger partial charge on any atom is -0.453 e. The standard InChI is InChI=1S/C18H17ClN4O4S/c1-23-11-14(10-21-23)27-16-7-6-13(9-17(16)28(20,25)26)22-18(24)8-12-4-2-3-5-15(12)19/h2-7,9-11H,8H2,1H3,(H,22,24)(H2,20,25,26). The Kier molecular flexibility index (Phi) is 5.68. The second-order valence-electron chi connectivity index (χ2n) is 5.97. The van der Waals surface area contributed by atoms with Crippen molar-refractivity contribution in [3.05, 3.63) is 65.4 Å². The summed E-state index contributed by atoms with van der Waals surface area (Å²) >= 11 is 6.06. The van der Waals surface area contributed by atoms with Crippen molar-refractivity contribution >= 4 is 33.2 Å². The van der Waals surface area contributed by atoms with Crippen LogP contribution in [0.2, 0.25) is 5.02 Å². The van der Waals surface area contributed by atoms with E-state index in [-0.39, 0.29) is 28.7 Å². The third-order valence-corrected chi connectivity index (χ3v) is 5.05. The predicted octanol–water partition coefficient (Wildman–Crippen LogP) is 2.69. The van der Waals surface area contributed by atoms with Crippen LogP contribution >= 0.6 is 11.6 Å². The molecule has 0 bridgehead atoms. The first-order chi connectivity index (χ1) is 13.2.